The van der Waals surface area contributed by atoms with E-state index in [1.807, 2.05) is 6.92 Å². The number of rotatable bonds is 4. The molecule has 0 N–H and O–H groups in total. The molecule has 0 aliphatic carbocycles. The summed E-state index contributed by atoms with van der Waals surface area (Å²) < 4.78 is 10.6. The summed E-state index contributed by atoms with van der Waals surface area (Å²) in [5.41, 5.74) is 1.81. The van der Waals surface area contributed by atoms with Gasteiger partial charge in [0.15, 0.2) is 12.1 Å². The van der Waals surface area contributed by atoms with Crippen molar-refractivity contribution in [2.75, 3.05) is 24.1 Å². The van der Waals surface area contributed by atoms with Crippen molar-refractivity contribution >= 4 is 34.8 Å². The lowest BCUT2D eigenvalue weighted by atomic mass is 10.1. The number of amides is 2. The fourth-order valence-corrected chi connectivity index (χ4v) is 3.45. The Balaban J connectivity index is 1.71. The Labute approximate surface area is 166 Å². The molecule has 2 aromatic rings. The smallest absolute Gasteiger partial charge is 0.263 e. The molecule has 144 valence electrons. The summed E-state index contributed by atoms with van der Waals surface area (Å²) in [6.45, 7) is 1.85. The highest BCUT2D eigenvalue weighted by atomic mass is 35.5. The van der Waals surface area contributed by atoms with Crippen LogP contribution in [0.3, 0.4) is 0 Å². The Hall–Kier alpha value is -3.13. The minimum atomic E-state index is -0.912. The Morgan fingerprint density at radius 2 is 1.64 bits per heavy atom. The molecular weight excluding hydrogens is 384 g/mol. The summed E-state index contributed by atoms with van der Waals surface area (Å²) in [5.74, 6) is 0.219. The molecule has 2 heterocycles. The molecule has 1 saturated heterocycles. The van der Waals surface area contributed by atoms with Crippen molar-refractivity contribution in [3.8, 4) is 11.5 Å². The number of hydrogen-bond acceptors (Lipinski definition) is 7. The number of halogens is 1. The molecule has 1 fully saturated rings. The van der Waals surface area contributed by atoms with Gasteiger partial charge < -0.3 is 9.47 Å². The lowest BCUT2D eigenvalue weighted by Gasteiger charge is -2.21. The number of methoxy groups -OCH3 is 2. The molecule has 0 spiro atoms. The molecule has 0 saturated carbocycles. The average Bonchev–Trinajstić information content (AvgIpc) is 3.24. The molecule has 28 heavy (non-hydrogen) atoms. The van der Waals surface area contributed by atoms with Gasteiger partial charge in [-0.2, -0.15) is 5.11 Å². The van der Waals surface area contributed by atoms with E-state index in [2.05, 4.69) is 10.3 Å². The molecule has 4 rings (SSSR count). The van der Waals surface area contributed by atoms with Crippen LogP contribution in [0.25, 0.3) is 0 Å². The van der Waals surface area contributed by atoms with Gasteiger partial charge >= 0.3 is 0 Å². The van der Waals surface area contributed by atoms with Gasteiger partial charge in [0, 0.05) is 23.2 Å². The van der Waals surface area contributed by atoms with Crippen LogP contribution < -0.4 is 19.4 Å². The summed E-state index contributed by atoms with van der Waals surface area (Å²) >= 11 is 6.17. The minimum Gasteiger partial charge on any atom is -0.497 e. The van der Waals surface area contributed by atoms with Gasteiger partial charge in [0.2, 0.25) is 0 Å². The van der Waals surface area contributed by atoms with Crippen LogP contribution in [0.5, 0.6) is 11.5 Å². The number of fused-ring (bicyclic) bond motifs is 1. The molecule has 0 aromatic heterocycles. The van der Waals surface area contributed by atoms with Gasteiger partial charge in [0.25, 0.3) is 11.8 Å². The third kappa shape index (κ3) is 2.77. The number of benzene rings is 2. The fraction of sp³-hybridized carbons (Fsp3) is 0.263. The molecule has 9 heteroatoms. The highest BCUT2D eigenvalue weighted by molar-refractivity contribution is 6.32. The van der Waals surface area contributed by atoms with E-state index in [9.17, 15) is 9.59 Å². The number of carbonyl (C=O) groups excluding carboxylic acids is 2. The van der Waals surface area contributed by atoms with Crippen LogP contribution in [0.1, 0.15) is 5.56 Å². The number of hydrogen-bond donors (Lipinski definition) is 0. The lowest BCUT2D eigenvalue weighted by Crippen LogP contribution is -2.39. The molecule has 2 aliphatic heterocycles. The maximum Gasteiger partial charge on any atom is 0.263 e. The maximum absolute atomic E-state index is 13.1. The van der Waals surface area contributed by atoms with Gasteiger partial charge in [-0.3, -0.25) is 9.59 Å². The Kier molecular flexibility index (Phi) is 4.43. The Morgan fingerprint density at radius 1 is 0.964 bits per heavy atom. The van der Waals surface area contributed by atoms with E-state index in [1.54, 1.807) is 36.4 Å². The average molecular weight is 401 g/mol. The van der Waals surface area contributed by atoms with Crippen LogP contribution in [-0.4, -0.2) is 38.1 Å². The van der Waals surface area contributed by atoms with Crippen LogP contribution in [0, 0.1) is 6.92 Å². The largest absolute Gasteiger partial charge is 0.497 e. The predicted octanol–water partition coefficient (Wildman–Crippen LogP) is 3.16. The van der Waals surface area contributed by atoms with E-state index in [4.69, 9.17) is 21.1 Å². The Morgan fingerprint density at radius 3 is 2.25 bits per heavy atom. The van der Waals surface area contributed by atoms with Crippen molar-refractivity contribution in [3.05, 3.63) is 47.0 Å². The molecule has 0 radical (unpaired) electrons. The highest BCUT2D eigenvalue weighted by Crippen LogP contribution is 2.38. The van der Waals surface area contributed by atoms with Crippen molar-refractivity contribution in [1.82, 2.24) is 0 Å². The summed E-state index contributed by atoms with van der Waals surface area (Å²) in [5, 5.41) is 9.99. The van der Waals surface area contributed by atoms with Crippen LogP contribution in [0.15, 0.2) is 46.7 Å². The molecular formula is C19H17ClN4O4. The van der Waals surface area contributed by atoms with Gasteiger partial charge in [0.1, 0.15) is 11.5 Å². The van der Waals surface area contributed by atoms with Crippen molar-refractivity contribution in [2.45, 2.75) is 19.0 Å². The number of carbonyl (C=O) groups is 2. The zero-order chi connectivity index (χ0) is 20.0. The molecule has 2 aromatic carbocycles. The topological polar surface area (TPSA) is 83.8 Å². The third-order valence-electron chi connectivity index (χ3n) is 4.80. The maximum atomic E-state index is 13.1. The third-order valence-corrected chi connectivity index (χ3v) is 5.20. The molecule has 8 nitrogen and oxygen atoms in total. The SMILES string of the molecule is COc1cc(OC)cc(N2N=N[C@H]3C(=O)N(c4ccc(C)c(Cl)c4)C(=O)[C@@H]32)c1. The molecule has 2 atom stereocenters. The first kappa shape index (κ1) is 18.2. The van der Waals surface area contributed by atoms with E-state index >= 15 is 0 Å². The van der Waals surface area contributed by atoms with Crippen molar-refractivity contribution < 1.29 is 19.1 Å². The first-order valence-corrected chi connectivity index (χ1v) is 8.89. The van der Waals surface area contributed by atoms with Crippen molar-refractivity contribution in [3.63, 3.8) is 0 Å². The molecule has 0 unspecified atom stereocenters. The Bertz CT molecular complexity index is 987. The molecule has 2 aliphatic rings. The van der Waals surface area contributed by atoms with Crippen molar-refractivity contribution in [2.24, 2.45) is 10.3 Å². The highest BCUT2D eigenvalue weighted by Gasteiger charge is 2.55. The van der Waals surface area contributed by atoms with Crippen LogP contribution >= 0.6 is 11.6 Å². The second-order valence-corrected chi connectivity index (χ2v) is 6.86. The summed E-state index contributed by atoms with van der Waals surface area (Å²) in [6.07, 6.45) is 0. The number of ether oxygens (including phenoxy) is 2. The number of anilines is 2. The first-order chi connectivity index (χ1) is 13.4. The molecule has 0 bridgehead atoms. The number of aryl methyl sites for hydroxylation is 1. The van der Waals surface area contributed by atoms with Crippen LogP contribution in [0.2, 0.25) is 5.02 Å². The lowest BCUT2D eigenvalue weighted by molar-refractivity contribution is -0.121. The zero-order valence-electron chi connectivity index (χ0n) is 15.4. The monoisotopic (exact) mass is 400 g/mol. The second-order valence-electron chi connectivity index (χ2n) is 6.46. The second kappa shape index (κ2) is 6.79. The summed E-state index contributed by atoms with van der Waals surface area (Å²) in [4.78, 5) is 27.1. The number of imide groups is 1. The minimum absolute atomic E-state index is 0.415. The van der Waals surface area contributed by atoms with E-state index < -0.39 is 23.9 Å². The van der Waals surface area contributed by atoms with Gasteiger partial charge in [-0.05, 0) is 24.6 Å². The van der Waals surface area contributed by atoms with E-state index in [-0.39, 0.29) is 0 Å². The fourth-order valence-electron chi connectivity index (χ4n) is 3.27. The van der Waals surface area contributed by atoms with E-state index in [0.29, 0.717) is 27.9 Å². The van der Waals surface area contributed by atoms with E-state index in [0.717, 1.165) is 10.5 Å². The van der Waals surface area contributed by atoms with Gasteiger partial charge in [0.05, 0.1) is 25.6 Å². The van der Waals surface area contributed by atoms with Gasteiger partial charge in [-0.1, -0.05) is 22.9 Å². The van der Waals surface area contributed by atoms with Crippen molar-refractivity contribution in [1.29, 1.82) is 0 Å². The zero-order valence-corrected chi connectivity index (χ0v) is 16.2. The van der Waals surface area contributed by atoms with Crippen LogP contribution in [-0.2, 0) is 9.59 Å². The summed E-state index contributed by atoms with van der Waals surface area (Å²) in [7, 11) is 3.06. The normalized spacial score (nSPS) is 20.7. The van der Waals surface area contributed by atoms with Gasteiger partial charge in [-0.25, -0.2) is 9.91 Å². The van der Waals surface area contributed by atoms with Crippen LogP contribution in [0.4, 0.5) is 11.4 Å². The predicted molar refractivity (Wildman–Crippen MR) is 103 cm³/mol. The summed E-state index contributed by atoms with van der Waals surface area (Å²) in [6, 6.07) is 8.38. The molecule has 2 amide bonds. The first-order valence-electron chi connectivity index (χ1n) is 8.51. The standard InChI is InChI=1S/C19H17ClN4O4/c1-10-4-5-11(8-15(10)20)23-18(25)16-17(19(23)26)24(22-21-16)12-6-13(27-2)9-14(7-12)28-3/h4-9,16-17H,1-3H3/t16-,17-/m1/s1. The van der Waals surface area contributed by atoms with Gasteiger partial charge in [-0.15, -0.1) is 0 Å². The van der Waals surface area contributed by atoms with E-state index in [1.165, 1.54) is 19.2 Å². The quantitative estimate of drug-likeness (QED) is 0.736. The number of nitrogens with zero attached hydrogens (tertiary/aromatic N) is 4.